The van der Waals surface area contributed by atoms with E-state index in [4.69, 9.17) is 10.2 Å². The van der Waals surface area contributed by atoms with Gasteiger partial charge < -0.3 is 10.2 Å². The fourth-order valence-corrected chi connectivity index (χ4v) is 0.811. The van der Waals surface area contributed by atoms with Crippen molar-refractivity contribution in [3.05, 3.63) is 23.2 Å². The molecule has 60 valence electrons. The van der Waals surface area contributed by atoms with Crippen molar-refractivity contribution in [2.24, 2.45) is 5.73 Å². The van der Waals surface area contributed by atoms with Crippen LogP contribution < -0.4 is 5.73 Å². The topological polar surface area (TPSA) is 56.2 Å². The first kappa shape index (κ1) is 8.01. The molecule has 1 rings (SSSR count). The third-order valence-corrected chi connectivity index (χ3v) is 1.63. The van der Waals surface area contributed by atoms with Crippen molar-refractivity contribution >= 4 is 5.78 Å². The number of hydrogen-bond donors (Lipinski definition) is 1. The highest BCUT2D eigenvalue weighted by Crippen LogP contribution is 2.12. The number of carbonyl (C=O) groups is 1. The van der Waals surface area contributed by atoms with Gasteiger partial charge in [0.1, 0.15) is 5.76 Å². The van der Waals surface area contributed by atoms with Crippen LogP contribution in [0, 0.1) is 13.8 Å². The first-order valence-electron chi connectivity index (χ1n) is 3.45. The molecule has 0 aromatic carbocycles. The number of ketones is 1. The van der Waals surface area contributed by atoms with Crippen LogP contribution >= 0.6 is 0 Å². The van der Waals surface area contributed by atoms with Gasteiger partial charge in [-0.3, -0.25) is 4.79 Å². The van der Waals surface area contributed by atoms with Gasteiger partial charge in [-0.05, 0) is 25.5 Å². The molecule has 0 spiro atoms. The number of Topliss-reactive ketones (excluding diaryl/α,β-unsaturated/α-hetero) is 1. The van der Waals surface area contributed by atoms with Crippen molar-refractivity contribution in [3.8, 4) is 0 Å². The second kappa shape index (κ2) is 2.88. The summed E-state index contributed by atoms with van der Waals surface area (Å²) in [7, 11) is 0. The maximum absolute atomic E-state index is 11.0. The molecule has 0 aliphatic carbocycles. The molecule has 3 nitrogen and oxygen atoms in total. The molecule has 0 aliphatic heterocycles. The summed E-state index contributed by atoms with van der Waals surface area (Å²) in [5, 5.41) is 0. The van der Waals surface area contributed by atoms with E-state index in [9.17, 15) is 4.79 Å². The van der Waals surface area contributed by atoms with Crippen LogP contribution in [-0.4, -0.2) is 12.3 Å². The molecule has 0 bridgehead atoms. The number of carbonyl (C=O) groups excluding carboxylic acids is 1. The van der Waals surface area contributed by atoms with Gasteiger partial charge in [0, 0.05) is 0 Å². The van der Waals surface area contributed by atoms with E-state index >= 15 is 0 Å². The average molecular weight is 153 g/mol. The lowest BCUT2D eigenvalue weighted by Gasteiger charge is -1.88. The van der Waals surface area contributed by atoms with Crippen molar-refractivity contribution in [2.45, 2.75) is 13.8 Å². The third-order valence-electron chi connectivity index (χ3n) is 1.63. The number of furan rings is 1. The molecule has 0 fully saturated rings. The summed E-state index contributed by atoms with van der Waals surface area (Å²) in [6.45, 7) is 3.72. The molecule has 0 aliphatic rings. The summed E-state index contributed by atoms with van der Waals surface area (Å²) in [5.74, 6) is 0.991. The van der Waals surface area contributed by atoms with E-state index in [2.05, 4.69) is 0 Å². The summed E-state index contributed by atoms with van der Waals surface area (Å²) < 4.78 is 5.14. The van der Waals surface area contributed by atoms with Crippen LogP contribution in [0.25, 0.3) is 0 Å². The van der Waals surface area contributed by atoms with Gasteiger partial charge >= 0.3 is 0 Å². The maximum Gasteiger partial charge on any atom is 0.211 e. The van der Waals surface area contributed by atoms with Crippen LogP contribution in [-0.2, 0) is 0 Å². The zero-order chi connectivity index (χ0) is 8.43. The van der Waals surface area contributed by atoms with Gasteiger partial charge in [-0.1, -0.05) is 0 Å². The number of nitrogens with two attached hydrogens (primary N) is 1. The second-order valence-corrected chi connectivity index (χ2v) is 2.48. The molecule has 0 unspecified atom stereocenters. The van der Waals surface area contributed by atoms with Crippen molar-refractivity contribution < 1.29 is 9.21 Å². The van der Waals surface area contributed by atoms with E-state index in [1.807, 2.05) is 13.8 Å². The quantitative estimate of drug-likeness (QED) is 0.646. The molecule has 0 radical (unpaired) electrons. The minimum Gasteiger partial charge on any atom is -0.458 e. The molecule has 1 aromatic heterocycles. The van der Waals surface area contributed by atoms with Gasteiger partial charge in [-0.15, -0.1) is 0 Å². The van der Waals surface area contributed by atoms with Crippen LogP contribution in [0.2, 0.25) is 0 Å². The fraction of sp³-hybridized carbons (Fsp3) is 0.375. The largest absolute Gasteiger partial charge is 0.458 e. The van der Waals surface area contributed by atoms with Gasteiger partial charge in [0.15, 0.2) is 5.76 Å². The van der Waals surface area contributed by atoms with E-state index in [0.29, 0.717) is 5.76 Å². The Labute approximate surface area is 65.2 Å². The standard InChI is InChI=1S/C8H11NO2/c1-5-3-8(7(10)4-9)11-6(5)2/h3H,4,9H2,1-2H3. The molecule has 0 amide bonds. The predicted octanol–water partition coefficient (Wildman–Crippen LogP) is 1.04. The van der Waals surface area contributed by atoms with Gasteiger partial charge in [0.25, 0.3) is 0 Å². The Kier molecular flexibility index (Phi) is 2.10. The molecule has 0 saturated heterocycles. The molecule has 11 heavy (non-hydrogen) atoms. The Balaban J connectivity index is 2.97. The van der Waals surface area contributed by atoms with Crippen LogP contribution in [0.15, 0.2) is 10.5 Å². The number of rotatable bonds is 2. The lowest BCUT2D eigenvalue weighted by Crippen LogP contribution is -2.12. The van der Waals surface area contributed by atoms with Crippen molar-refractivity contribution in [2.75, 3.05) is 6.54 Å². The average Bonchev–Trinajstić information content (AvgIpc) is 2.31. The Morgan fingerprint density at radius 3 is 2.64 bits per heavy atom. The van der Waals surface area contributed by atoms with Gasteiger partial charge in [0.05, 0.1) is 6.54 Å². The minimum atomic E-state index is -0.152. The molecule has 1 heterocycles. The first-order chi connectivity index (χ1) is 5.15. The second-order valence-electron chi connectivity index (χ2n) is 2.48. The molecule has 1 aromatic rings. The highest BCUT2D eigenvalue weighted by Gasteiger charge is 2.09. The Morgan fingerprint density at radius 1 is 1.64 bits per heavy atom. The van der Waals surface area contributed by atoms with Crippen molar-refractivity contribution in [1.82, 2.24) is 0 Å². The number of hydrogen-bond acceptors (Lipinski definition) is 3. The van der Waals surface area contributed by atoms with E-state index < -0.39 is 0 Å². The van der Waals surface area contributed by atoms with Crippen LogP contribution in [0.1, 0.15) is 21.9 Å². The lowest BCUT2D eigenvalue weighted by atomic mass is 10.2. The van der Waals surface area contributed by atoms with E-state index in [0.717, 1.165) is 11.3 Å². The first-order valence-corrected chi connectivity index (χ1v) is 3.45. The van der Waals surface area contributed by atoms with Gasteiger partial charge in [-0.2, -0.15) is 0 Å². The van der Waals surface area contributed by atoms with E-state index in [-0.39, 0.29) is 12.3 Å². The Bertz CT molecular complexity index is 256. The third kappa shape index (κ3) is 1.49. The summed E-state index contributed by atoms with van der Waals surface area (Å²) in [4.78, 5) is 11.0. The van der Waals surface area contributed by atoms with Crippen molar-refractivity contribution in [3.63, 3.8) is 0 Å². The summed E-state index contributed by atoms with van der Waals surface area (Å²) in [6, 6.07) is 1.71. The highest BCUT2D eigenvalue weighted by atomic mass is 16.3. The number of aryl methyl sites for hydroxylation is 2. The SMILES string of the molecule is Cc1cc(C(=O)CN)oc1C. The Hall–Kier alpha value is -1.09. The molecule has 2 N–H and O–H groups in total. The Morgan fingerprint density at radius 2 is 2.27 bits per heavy atom. The van der Waals surface area contributed by atoms with Gasteiger partial charge in [0.2, 0.25) is 5.78 Å². The predicted molar refractivity (Wildman–Crippen MR) is 41.6 cm³/mol. The minimum absolute atomic E-state index is 0.00634. The maximum atomic E-state index is 11.0. The molecule has 0 atom stereocenters. The van der Waals surface area contributed by atoms with Crippen LogP contribution in [0.4, 0.5) is 0 Å². The highest BCUT2D eigenvalue weighted by molar-refractivity contribution is 5.95. The molecular formula is C8H11NO2. The normalized spacial score (nSPS) is 10.1. The zero-order valence-corrected chi connectivity index (χ0v) is 6.68. The van der Waals surface area contributed by atoms with Crippen LogP contribution in [0.5, 0.6) is 0 Å². The van der Waals surface area contributed by atoms with E-state index in [1.165, 1.54) is 0 Å². The van der Waals surface area contributed by atoms with Gasteiger partial charge in [-0.25, -0.2) is 0 Å². The van der Waals surface area contributed by atoms with Crippen LogP contribution in [0.3, 0.4) is 0 Å². The zero-order valence-electron chi connectivity index (χ0n) is 6.68. The summed E-state index contributed by atoms with van der Waals surface area (Å²) in [5.41, 5.74) is 6.14. The van der Waals surface area contributed by atoms with Crippen molar-refractivity contribution in [1.29, 1.82) is 0 Å². The lowest BCUT2D eigenvalue weighted by molar-refractivity contribution is 0.0974. The fourth-order valence-electron chi connectivity index (χ4n) is 0.811. The van der Waals surface area contributed by atoms with E-state index in [1.54, 1.807) is 6.07 Å². The monoisotopic (exact) mass is 153 g/mol. The summed E-state index contributed by atoms with van der Waals surface area (Å²) in [6.07, 6.45) is 0. The summed E-state index contributed by atoms with van der Waals surface area (Å²) >= 11 is 0. The molecular weight excluding hydrogens is 142 g/mol. The smallest absolute Gasteiger partial charge is 0.211 e. The molecule has 0 saturated carbocycles. The molecule has 3 heteroatoms.